The molecular weight excluding hydrogens is 604 g/mol. The topological polar surface area (TPSA) is 140 Å². The number of alkyl halides is 6. The predicted octanol–water partition coefficient (Wildman–Crippen LogP) is 5.74. The number of nitro groups is 1. The van der Waals surface area contributed by atoms with Gasteiger partial charge in [0, 0.05) is 42.6 Å². The maximum Gasteiger partial charge on any atom is 0.423 e. The van der Waals surface area contributed by atoms with Crippen molar-refractivity contribution in [2.24, 2.45) is 0 Å². The Morgan fingerprint density at radius 1 is 0.932 bits per heavy atom. The number of piperidine rings is 1. The zero-order chi connectivity index (χ0) is 32.2. The number of carbonyl (C=O) groups excluding carboxylic acids is 1. The lowest BCUT2D eigenvalue weighted by Crippen LogP contribution is -2.46. The molecule has 1 heterocycles. The number of hydrogen-bond donors (Lipinski definition) is 4. The third-order valence-electron chi connectivity index (χ3n) is 7.72. The summed E-state index contributed by atoms with van der Waals surface area (Å²) < 4.78 is 85.6. The van der Waals surface area contributed by atoms with Crippen LogP contribution in [0.3, 0.4) is 0 Å². The number of ether oxygens (including phenoxy) is 1. The Labute approximate surface area is 247 Å². The van der Waals surface area contributed by atoms with Gasteiger partial charge in [0.2, 0.25) is 5.91 Å². The first kappa shape index (κ1) is 33.1. The fraction of sp³-hybridized carbons (Fsp3) is 0.519. The minimum atomic E-state index is -4.88. The van der Waals surface area contributed by atoms with Gasteiger partial charge in [-0.3, -0.25) is 25.3 Å². The van der Waals surface area contributed by atoms with E-state index >= 15 is 0 Å². The molecular formula is C27H31F6N5O6. The van der Waals surface area contributed by atoms with Crippen molar-refractivity contribution in [2.45, 2.75) is 69.1 Å². The van der Waals surface area contributed by atoms with Crippen LogP contribution in [0.1, 0.15) is 49.7 Å². The lowest BCUT2D eigenvalue weighted by atomic mass is 9.92. The van der Waals surface area contributed by atoms with Gasteiger partial charge in [0.25, 0.3) is 5.69 Å². The van der Waals surface area contributed by atoms with Crippen LogP contribution >= 0.6 is 0 Å². The van der Waals surface area contributed by atoms with E-state index in [1.54, 1.807) is 4.90 Å². The van der Waals surface area contributed by atoms with E-state index in [4.69, 9.17) is 15.2 Å². The first-order valence-electron chi connectivity index (χ1n) is 13.8. The zero-order valence-corrected chi connectivity index (χ0v) is 23.2. The summed E-state index contributed by atoms with van der Waals surface area (Å²) in [6, 6.07) is 5.58. The number of halogens is 6. The maximum atomic E-state index is 13.3. The molecule has 17 heteroatoms. The van der Waals surface area contributed by atoms with E-state index in [9.17, 15) is 41.3 Å². The van der Waals surface area contributed by atoms with Crippen molar-refractivity contribution in [3.8, 4) is 0 Å². The fourth-order valence-corrected chi connectivity index (χ4v) is 5.49. The molecule has 1 saturated carbocycles. The quantitative estimate of drug-likeness (QED) is 0.154. The highest BCUT2D eigenvalue weighted by molar-refractivity contribution is 5.77. The first-order valence-corrected chi connectivity index (χ1v) is 13.8. The smallest absolute Gasteiger partial charge is 0.382 e. The molecule has 0 atom stereocenters. The average Bonchev–Trinajstić information content (AvgIpc) is 2.96. The van der Waals surface area contributed by atoms with Crippen LogP contribution in [0.15, 0.2) is 36.4 Å². The number of rotatable bonds is 9. The summed E-state index contributed by atoms with van der Waals surface area (Å²) in [5.41, 5.74) is -3.95. The second-order valence-corrected chi connectivity index (χ2v) is 10.7. The number of anilines is 3. The molecule has 0 unspecified atom stereocenters. The van der Waals surface area contributed by atoms with Gasteiger partial charge in [-0.05, 0) is 68.9 Å². The molecule has 4 rings (SSSR count). The SMILES string of the molecule is O=C(COC1CCC(Nc2ccc(N(O)O)c(C(F)(F)F)c2)CC1)NC1CCN(c2ccc([N+](=O)[O-])c(C(F)(F)F)c2)CC1. The molecule has 2 aliphatic rings. The number of amides is 1. The molecule has 0 radical (unpaired) electrons. The highest BCUT2D eigenvalue weighted by Gasteiger charge is 2.39. The van der Waals surface area contributed by atoms with E-state index in [2.05, 4.69) is 10.6 Å². The fourth-order valence-electron chi connectivity index (χ4n) is 5.49. The Bertz CT molecular complexity index is 1330. The first-order chi connectivity index (χ1) is 20.6. The molecule has 44 heavy (non-hydrogen) atoms. The summed E-state index contributed by atoms with van der Waals surface area (Å²) in [6.07, 6.45) is -6.74. The van der Waals surface area contributed by atoms with Crippen molar-refractivity contribution < 1.29 is 51.2 Å². The highest BCUT2D eigenvalue weighted by atomic mass is 19.4. The van der Waals surface area contributed by atoms with Gasteiger partial charge in [-0.1, -0.05) is 0 Å². The summed E-state index contributed by atoms with van der Waals surface area (Å²) in [5.74, 6) is -0.347. The Morgan fingerprint density at radius 2 is 1.57 bits per heavy atom. The van der Waals surface area contributed by atoms with Gasteiger partial charge in [-0.25, -0.2) is 0 Å². The lowest BCUT2D eigenvalue weighted by molar-refractivity contribution is -0.388. The highest BCUT2D eigenvalue weighted by Crippen LogP contribution is 2.39. The third-order valence-corrected chi connectivity index (χ3v) is 7.72. The van der Waals surface area contributed by atoms with Gasteiger partial charge in [0.05, 0.1) is 16.6 Å². The second kappa shape index (κ2) is 13.4. The molecule has 11 nitrogen and oxygen atoms in total. The van der Waals surface area contributed by atoms with Crippen LogP contribution in [0.5, 0.6) is 0 Å². The van der Waals surface area contributed by atoms with Crippen LogP contribution in [-0.4, -0.2) is 59.1 Å². The van der Waals surface area contributed by atoms with Crippen LogP contribution < -0.4 is 20.8 Å². The van der Waals surface area contributed by atoms with E-state index in [1.165, 1.54) is 12.1 Å². The normalized spacial score (nSPS) is 19.9. The molecule has 0 aromatic heterocycles. The van der Waals surface area contributed by atoms with Gasteiger partial charge >= 0.3 is 12.4 Å². The average molecular weight is 636 g/mol. The lowest BCUT2D eigenvalue weighted by Gasteiger charge is -2.34. The van der Waals surface area contributed by atoms with Crippen LogP contribution in [0.2, 0.25) is 0 Å². The van der Waals surface area contributed by atoms with E-state index in [1.807, 2.05) is 0 Å². The summed E-state index contributed by atoms with van der Waals surface area (Å²) >= 11 is 0. The Morgan fingerprint density at radius 3 is 2.14 bits per heavy atom. The van der Waals surface area contributed by atoms with Crippen LogP contribution in [0.4, 0.5) is 49.1 Å². The van der Waals surface area contributed by atoms with E-state index in [0.29, 0.717) is 51.6 Å². The number of hydrogen-bond acceptors (Lipinski definition) is 9. The standard InChI is InChI=1S/C27H31F6N5O6/c28-26(29,30)21-13-18(3-7-23(21)37(40)41)34-16-1-5-20(6-2-16)44-15-25(39)35-17-9-11-36(12-10-17)19-4-8-24(38(42)43)22(14-19)27(31,32)33/h3-4,7-8,13-14,16-17,20,34,40-41H,1-2,5-6,9-12,15H2,(H,35,39). The van der Waals surface area contributed by atoms with Crippen LogP contribution in [-0.2, 0) is 21.9 Å². The number of nitrogens with one attached hydrogen (secondary N) is 2. The number of benzene rings is 2. The van der Waals surface area contributed by atoms with Gasteiger partial charge in [0.15, 0.2) is 0 Å². The van der Waals surface area contributed by atoms with Gasteiger partial charge in [0.1, 0.15) is 17.9 Å². The molecule has 1 saturated heterocycles. The molecule has 4 N–H and O–H groups in total. The van der Waals surface area contributed by atoms with E-state index < -0.39 is 45.0 Å². The second-order valence-electron chi connectivity index (χ2n) is 10.7. The summed E-state index contributed by atoms with van der Waals surface area (Å²) in [5, 5.41) is 34.4. The Balaban J connectivity index is 1.19. The predicted molar refractivity (Wildman–Crippen MR) is 145 cm³/mol. The van der Waals surface area contributed by atoms with Crippen LogP contribution in [0, 0.1) is 10.1 Å². The summed E-state index contributed by atoms with van der Waals surface area (Å²) in [4.78, 5) is 24.1. The van der Waals surface area contributed by atoms with Gasteiger partial charge < -0.3 is 20.3 Å². The van der Waals surface area contributed by atoms with Crippen molar-refractivity contribution >= 4 is 28.7 Å². The number of nitrogens with zero attached hydrogens (tertiary/aromatic N) is 3. The molecule has 2 fully saturated rings. The van der Waals surface area contributed by atoms with E-state index in [-0.39, 0.29) is 42.1 Å². The molecule has 2 aromatic rings. The Kier molecular flexibility index (Phi) is 10.1. The number of carbonyl (C=O) groups is 1. The minimum absolute atomic E-state index is 0.150. The zero-order valence-electron chi connectivity index (χ0n) is 23.2. The molecule has 1 amide bonds. The Hall–Kier alpha value is -3.83. The molecule has 1 aliphatic carbocycles. The molecule has 1 aliphatic heterocycles. The van der Waals surface area contributed by atoms with Crippen molar-refractivity contribution in [1.82, 2.24) is 5.32 Å². The van der Waals surface area contributed by atoms with Crippen molar-refractivity contribution in [2.75, 3.05) is 35.1 Å². The van der Waals surface area contributed by atoms with E-state index in [0.717, 1.165) is 24.3 Å². The van der Waals surface area contributed by atoms with Crippen molar-refractivity contribution in [3.05, 3.63) is 57.6 Å². The largest absolute Gasteiger partial charge is 0.423 e. The van der Waals surface area contributed by atoms with Gasteiger partial charge in [-0.2, -0.15) is 26.3 Å². The molecule has 0 spiro atoms. The van der Waals surface area contributed by atoms with Crippen LogP contribution in [0.25, 0.3) is 0 Å². The third kappa shape index (κ3) is 8.41. The molecule has 242 valence electrons. The number of nitro benzene ring substituents is 1. The minimum Gasteiger partial charge on any atom is -0.382 e. The maximum absolute atomic E-state index is 13.3. The summed E-state index contributed by atoms with van der Waals surface area (Å²) in [6.45, 7) is 0.474. The summed E-state index contributed by atoms with van der Waals surface area (Å²) in [7, 11) is 0. The van der Waals surface area contributed by atoms with Gasteiger partial charge in [-0.15, -0.1) is 5.23 Å². The monoisotopic (exact) mass is 635 g/mol. The van der Waals surface area contributed by atoms with Crippen molar-refractivity contribution in [1.29, 1.82) is 0 Å². The molecule has 0 bridgehead atoms. The molecule has 2 aromatic carbocycles. The van der Waals surface area contributed by atoms with Crippen molar-refractivity contribution in [3.63, 3.8) is 0 Å².